The highest BCUT2D eigenvalue weighted by molar-refractivity contribution is 8.03. The van der Waals surface area contributed by atoms with Gasteiger partial charge in [0.1, 0.15) is 5.70 Å². The van der Waals surface area contributed by atoms with E-state index in [-0.39, 0.29) is 40.3 Å². The van der Waals surface area contributed by atoms with Crippen LogP contribution in [0.1, 0.15) is 30.6 Å². The van der Waals surface area contributed by atoms with Crippen LogP contribution in [0.3, 0.4) is 0 Å². The molecule has 0 aromatic heterocycles. The normalized spacial score (nSPS) is 29.5. The number of nitrogens with one attached hydrogen (secondary N) is 2. The third-order valence-corrected chi connectivity index (χ3v) is 7.90. The van der Waals surface area contributed by atoms with Crippen molar-refractivity contribution in [3.8, 4) is 0 Å². The lowest BCUT2D eigenvalue weighted by Gasteiger charge is -2.46. The number of carboxylic acids is 2. The maximum Gasteiger partial charge on any atom is 0.353 e. The fourth-order valence-electron chi connectivity index (χ4n) is 4.81. The summed E-state index contributed by atoms with van der Waals surface area (Å²) in [7, 11) is 0. The molecule has 11 heteroatoms. The van der Waals surface area contributed by atoms with Crippen LogP contribution in [-0.4, -0.2) is 74.0 Å². The average molecular weight is 476 g/mol. The molecule has 1 aromatic carbocycles. The third-order valence-electron chi connectivity index (χ3n) is 6.39. The molecule has 3 aliphatic rings. The molecule has 33 heavy (non-hydrogen) atoms. The number of carbonyl (C=O) groups excluding carboxylic acids is 2. The van der Waals surface area contributed by atoms with Crippen LogP contribution in [0.4, 0.5) is 5.69 Å². The van der Waals surface area contributed by atoms with E-state index in [1.807, 2.05) is 6.92 Å². The highest BCUT2D eigenvalue weighted by Crippen LogP contribution is 2.51. The maximum absolute atomic E-state index is 12.7. The fraction of sp³-hybridized carbons (Fsp3) is 0.455. The summed E-state index contributed by atoms with van der Waals surface area (Å²) in [6.07, 6.45) is -0.419. The number of amides is 2. The van der Waals surface area contributed by atoms with Gasteiger partial charge in [-0.1, -0.05) is 13.0 Å². The number of β-lactam (4-membered cyclic amide) rings is 1. The Balaban J connectivity index is 1.43. The lowest BCUT2D eigenvalue weighted by molar-refractivity contribution is -0.163. The smallest absolute Gasteiger partial charge is 0.353 e. The van der Waals surface area contributed by atoms with E-state index in [2.05, 4.69) is 10.6 Å². The fourth-order valence-corrected chi connectivity index (χ4v) is 6.29. The molecule has 0 radical (unpaired) electrons. The average Bonchev–Trinajstić information content (AvgIpc) is 3.30. The van der Waals surface area contributed by atoms with Crippen LogP contribution < -0.4 is 10.6 Å². The van der Waals surface area contributed by atoms with Crippen molar-refractivity contribution in [3.05, 3.63) is 40.4 Å². The van der Waals surface area contributed by atoms with Gasteiger partial charge in [-0.25, -0.2) is 9.59 Å². The van der Waals surface area contributed by atoms with E-state index in [4.69, 9.17) is 5.11 Å². The largest absolute Gasteiger partial charge is 0.478 e. The molecular formula is C22H25N3O7S. The first-order valence-electron chi connectivity index (χ1n) is 10.6. The molecular weight excluding hydrogens is 450 g/mol. The maximum atomic E-state index is 12.7. The van der Waals surface area contributed by atoms with E-state index in [1.165, 1.54) is 35.7 Å². The van der Waals surface area contributed by atoms with Gasteiger partial charge in [0.05, 0.1) is 29.7 Å². The number of thioether (sulfide) groups is 1. The van der Waals surface area contributed by atoms with Gasteiger partial charge in [0.2, 0.25) is 11.8 Å². The number of anilines is 1. The van der Waals surface area contributed by atoms with Crippen LogP contribution in [0.5, 0.6) is 0 Å². The minimum absolute atomic E-state index is 0.0298. The lowest BCUT2D eigenvalue weighted by Crippen LogP contribution is -2.63. The summed E-state index contributed by atoms with van der Waals surface area (Å²) in [5.74, 6) is -3.79. The predicted octanol–water partition coefficient (Wildman–Crippen LogP) is 0.941. The second-order valence-corrected chi connectivity index (χ2v) is 9.93. The van der Waals surface area contributed by atoms with E-state index in [9.17, 15) is 29.4 Å². The molecule has 2 saturated heterocycles. The number of hydrogen-bond donors (Lipinski definition) is 5. The first-order valence-corrected chi connectivity index (χ1v) is 11.5. The number of aliphatic hydroxyl groups is 1. The van der Waals surface area contributed by atoms with E-state index < -0.39 is 30.0 Å². The summed E-state index contributed by atoms with van der Waals surface area (Å²) in [5.41, 5.74) is 0.418. The van der Waals surface area contributed by atoms with Gasteiger partial charge in [-0.05, 0) is 31.5 Å². The van der Waals surface area contributed by atoms with Gasteiger partial charge in [-0.3, -0.25) is 9.59 Å². The quantitative estimate of drug-likeness (QED) is 0.362. The minimum atomic E-state index is -1.18. The standard InChI is InChI=1S/C22H25N3O7S/c1-9-16-15(10(2)26)20(28)25(16)17(22(31)32)18(9)33-13-7-14(23-8-13)19(27)24-12-5-3-4-11(6-12)21(29)30/h3-6,9-10,13-16,23,26H,7-8H2,1-2H3,(H,24,27)(H,29,30)(H,31,32)/t9-,10-,13+,14?,15-,16?/m1/s1. The molecule has 3 aliphatic heterocycles. The van der Waals surface area contributed by atoms with E-state index >= 15 is 0 Å². The van der Waals surface area contributed by atoms with Gasteiger partial charge in [-0.15, -0.1) is 11.8 Å². The van der Waals surface area contributed by atoms with Crippen molar-refractivity contribution in [1.29, 1.82) is 0 Å². The van der Waals surface area contributed by atoms with E-state index in [0.29, 0.717) is 23.6 Å². The molecule has 2 amide bonds. The number of hydrogen-bond acceptors (Lipinski definition) is 7. The number of nitrogens with zero attached hydrogens (tertiary/aromatic N) is 1. The Bertz CT molecular complexity index is 1060. The zero-order valence-corrected chi connectivity index (χ0v) is 18.8. The van der Waals surface area contributed by atoms with Crippen LogP contribution in [-0.2, 0) is 14.4 Å². The second-order valence-electron chi connectivity index (χ2n) is 8.58. The molecule has 1 aromatic rings. The Labute approximate surface area is 194 Å². The molecule has 4 rings (SSSR count). The van der Waals surface area contributed by atoms with Crippen molar-refractivity contribution >= 4 is 41.2 Å². The van der Waals surface area contributed by atoms with Crippen LogP contribution in [0.25, 0.3) is 0 Å². The topological polar surface area (TPSA) is 156 Å². The molecule has 2 unspecified atom stereocenters. The number of aliphatic hydroxyl groups excluding tert-OH is 1. The number of aromatic carboxylic acids is 1. The first kappa shape index (κ1) is 23.3. The molecule has 5 N–H and O–H groups in total. The number of carboxylic acid groups (broad SMARTS) is 2. The molecule has 0 spiro atoms. The van der Waals surface area contributed by atoms with Crippen LogP contribution >= 0.6 is 11.8 Å². The van der Waals surface area contributed by atoms with Gasteiger partial charge in [0, 0.05) is 28.3 Å². The first-order chi connectivity index (χ1) is 15.6. The highest BCUT2D eigenvalue weighted by atomic mass is 32.2. The van der Waals surface area contributed by atoms with Crippen LogP contribution in [0, 0.1) is 11.8 Å². The van der Waals surface area contributed by atoms with Crippen molar-refractivity contribution in [3.63, 3.8) is 0 Å². The van der Waals surface area contributed by atoms with Gasteiger partial charge < -0.3 is 30.9 Å². The van der Waals surface area contributed by atoms with Crippen molar-refractivity contribution in [2.75, 3.05) is 11.9 Å². The summed E-state index contributed by atoms with van der Waals surface area (Å²) < 4.78 is 0. The molecule has 6 atom stereocenters. The highest BCUT2D eigenvalue weighted by Gasteiger charge is 2.60. The Morgan fingerprint density at radius 1 is 1.24 bits per heavy atom. The molecule has 0 bridgehead atoms. The van der Waals surface area contributed by atoms with Crippen molar-refractivity contribution in [2.24, 2.45) is 11.8 Å². The summed E-state index contributed by atoms with van der Waals surface area (Å²) in [5, 5.41) is 34.6. The summed E-state index contributed by atoms with van der Waals surface area (Å²) >= 11 is 1.36. The third kappa shape index (κ3) is 4.11. The zero-order chi connectivity index (χ0) is 24.0. The van der Waals surface area contributed by atoms with Crippen LogP contribution in [0.15, 0.2) is 34.9 Å². The Hall–Kier alpha value is -2.89. The Kier molecular flexibility index (Phi) is 6.21. The zero-order valence-electron chi connectivity index (χ0n) is 18.0. The summed E-state index contributed by atoms with van der Waals surface area (Å²) in [6.45, 7) is 3.87. The van der Waals surface area contributed by atoms with Gasteiger partial charge in [-0.2, -0.15) is 0 Å². The number of aliphatic carboxylic acids is 1. The Morgan fingerprint density at radius 2 is 1.97 bits per heavy atom. The van der Waals surface area contributed by atoms with Crippen molar-refractivity contribution in [2.45, 2.75) is 43.7 Å². The summed E-state index contributed by atoms with van der Waals surface area (Å²) in [4.78, 5) is 50.1. The monoisotopic (exact) mass is 475 g/mol. The predicted molar refractivity (Wildman–Crippen MR) is 119 cm³/mol. The van der Waals surface area contributed by atoms with E-state index in [1.54, 1.807) is 12.1 Å². The SMILES string of the molecule is C[C@H]1C(S[C@@H]2CNC(C(=O)Nc3cccc(C(=O)O)c3)C2)=C(C(=O)O)N2C(=O)[C@H]([C@@H](C)O)C12. The van der Waals surface area contributed by atoms with Gasteiger partial charge >= 0.3 is 11.9 Å². The van der Waals surface area contributed by atoms with Crippen molar-refractivity contribution in [1.82, 2.24) is 10.2 Å². The second kappa shape index (κ2) is 8.81. The number of fused-ring (bicyclic) bond motifs is 1. The molecule has 0 aliphatic carbocycles. The number of rotatable bonds is 7. The minimum Gasteiger partial charge on any atom is -0.478 e. The molecule has 176 valence electrons. The van der Waals surface area contributed by atoms with E-state index in [0.717, 1.165) is 0 Å². The lowest BCUT2D eigenvalue weighted by atomic mass is 9.79. The summed E-state index contributed by atoms with van der Waals surface area (Å²) in [6, 6.07) is 5.07. The molecule has 10 nitrogen and oxygen atoms in total. The number of benzene rings is 1. The van der Waals surface area contributed by atoms with Crippen LogP contribution in [0.2, 0.25) is 0 Å². The molecule has 3 heterocycles. The number of carbonyl (C=O) groups is 4. The van der Waals surface area contributed by atoms with Crippen molar-refractivity contribution < 1.29 is 34.5 Å². The molecule has 2 fully saturated rings. The van der Waals surface area contributed by atoms with Gasteiger partial charge in [0.15, 0.2) is 0 Å². The van der Waals surface area contributed by atoms with Gasteiger partial charge in [0.25, 0.3) is 0 Å². The Morgan fingerprint density at radius 3 is 2.61 bits per heavy atom. The molecule has 0 saturated carbocycles.